The molecule has 1 aromatic heterocycles. The molecule has 17 heteroatoms. The first-order chi connectivity index (χ1) is 24.5. The molecule has 13 nitrogen and oxygen atoms in total. The number of amides is 1. The van der Waals surface area contributed by atoms with Gasteiger partial charge in [0.2, 0.25) is 0 Å². The van der Waals surface area contributed by atoms with Crippen LogP contribution < -0.4 is 14.8 Å². The lowest BCUT2D eigenvalue weighted by atomic mass is 10.1. The maximum Gasteiger partial charge on any atom is 0.293 e. The molecule has 0 unspecified atom stereocenters. The molecular formula is C34H29Cl3N6O7S. The second kappa shape index (κ2) is 15.7. The van der Waals surface area contributed by atoms with Gasteiger partial charge in [0, 0.05) is 42.8 Å². The van der Waals surface area contributed by atoms with Crippen molar-refractivity contribution in [1.82, 2.24) is 19.4 Å². The van der Waals surface area contributed by atoms with Crippen LogP contribution >= 0.6 is 34.8 Å². The molecule has 0 saturated carbocycles. The van der Waals surface area contributed by atoms with Crippen LogP contribution in [-0.4, -0.2) is 73.3 Å². The van der Waals surface area contributed by atoms with Gasteiger partial charge in [-0.3, -0.25) is 19.8 Å². The molecule has 1 aliphatic heterocycles. The Bertz CT molecular complexity index is 2190. The first-order valence-corrected chi connectivity index (χ1v) is 18.1. The molecule has 1 saturated heterocycles. The van der Waals surface area contributed by atoms with Crippen LogP contribution in [0.3, 0.4) is 0 Å². The van der Waals surface area contributed by atoms with Gasteiger partial charge in [-0.25, -0.2) is 17.8 Å². The molecule has 1 amide bonds. The van der Waals surface area contributed by atoms with Crippen molar-refractivity contribution >= 4 is 62.1 Å². The Morgan fingerprint density at radius 2 is 1.69 bits per heavy atom. The van der Waals surface area contributed by atoms with Crippen LogP contribution in [0.4, 0.5) is 11.4 Å². The molecule has 5 aromatic rings. The smallest absolute Gasteiger partial charge is 0.293 e. The molecule has 0 atom stereocenters. The van der Waals surface area contributed by atoms with Crippen LogP contribution in [0.5, 0.6) is 11.5 Å². The second-order valence-electron chi connectivity index (χ2n) is 11.3. The Kier molecular flexibility index (Phi) is 11.1. The topological polar surface area (TPSA) is 158 Å². The number of nitrogens with one attached hydrogen (secondary N) is 2. The number of carbonyl (C=O) groups is 1. The van der Waals surface area contributed by atoms with E-state index in [-0.39, 0.29) is 16.4 Å². The van der Waals surface area contributed by atoms with Crippen LogP contribution in [0.15, 0.2) is 95.9 Å². The van der Waals surface area contributed by atoms with Crippen LogP contribution in [0.1, 0.15) is 10.5 Å². The zero-order valence-corrected chi connectivity index (χ0v) is 29.7. The minimum absolute atomic E-state index is 0.146. The van der Waals surface area contributed by atoms with Crippen molar-refractivity contribution in [3.63, 3.8) is 0 Å². The minimum atomic E-state index is -4.57. The Labute approximate surface area is 307 Å². The van der Waals surface area contributed by atoms with E-state index in [1.807, 2.05) is 4.72 Å². The first-order valence-electron chi connectivity index (χ1n) is 15.5. The summed E-state index contributed by atoms with van der Waals surface area (Å²) in [5.74, 6) is -0.0296. The number of rotatable bonds is 12. The molecule has 2 heterocycles. The molecule has 4 aromatic carbocycles. The van der Waals surface area contributed by atoms with Gasteiger partial charge in [0.1, 0.15) is 17.2 Å². The third kappa shape index (κ3) is 8.79. The molecule has 0 aliphatic carbocycles. The molecule has 0 spiro atoms. The Balaban J connectivity index is 1.24. The molecule has 6 rings (SSSR count). The summed E-state index contributed by atoms with van der Waals surface area (Å²) < 4.78 is 41.4. The number of halogens is 3. The fourth-order valence-electron chi connectivity index (χ4n) is 5.26. The van der Waals surface area contributed by atoms with Gasteiger partial charge in [0.05, 0.1) is 44.5 Å². The lowest BCUT2D eigenvalue weighted by Gasteiger charge is -2.26. The average Bonchev–Trinajstić information content (AvgIpc) is 3.56. The number of nitro benzene ring substituents is 1. The van der Waals surface area contributed by atoms with Crippen molar-refractivity contribution in [2.24, 2.45) is 0 Å². The van der Waals surface area contributed by atoms with E-state index in [2.05, 4.69) is 15.3 Å². The van der Waals surface area contributed by atoms with E-state index in [0.29, 0.717) is 64.8 Å². The van der Waals surface area contributed by atoms with Crippen molar-refractivity contribution < 1.29 is 27.6 Å². The summed E-state index contributed by atoms with van der Waals surface area (Å²) in [4.78, 5) is 26.3. The zero-order chi connectivity index (χ0) is 36.1. The van der Waals surface area contributed by atoms with Gasteiger partial charge in [0.25, 0.3) is 21.6 Å². The number of sulfonamides is 1. The number of nitro groups is 1. The molecule has 2 N–H and O–H groups in total. The summed E-state index contributed by atoms with van der Waals surface area (Å²) in [7, 11) is -4.57. The number of hydrogen-bond donors (Lipinski definition) is 2. The van der Waals surface area contributed by atoms with E-state index in [9.17, 15) is 23.3 Å². The molecule has 1 fully saturated rings. The van der Waals surface area contributed by atoms with Gasteiger partial charge in [-0.1, -0.05) is 46.9 Å². The monoisotopic (exact) mass is 770 g/mol. The number of benzene rings is 4. The van der Waals surface area contributed by atoms with Crippen LogP contribution in [0.25, 0.3) is 16.9 Å². The highest BCUT2D eigenvalue weighted by atomic mass is 35.5. The van der Waals surface area contributed by atoms with E-state index in [1.165, 1.54) is 22.9 Å². The van der Waals surface area contributed by atoms with E-state index >= 15 is 0 Å². The predicted octanol–water partition coefficient (Wildman–Crippen LogP) is 7.06. The maximum atomic E-state index is 13.4. The highest BCUT2D eigenvalue weighted by Gasteiger charge is 2.26. The number of hydrogen-bond acceptors (Lipinski definition) is 10. The summed E-state index contributed by atoms with van der Waals surface area (Å²) in [5, 5.41) is 20.4. The second-order valence-corrected chi connectivity index (χ2v) is 14.2. The first kappa shape index (κ1) is 36.1. The van der Waals surface area contributed by atoms with E-state index < -0.39 is 31.4 Å². The van der Waals surface area contributed by atoms with Crippen molar-refractivity contribution in [1.29, 1.82) is 0 Å². The number of morpholine rings is 1. The van der Waals surface area contributed by atoms with Crippen LogP contribution in [0, 0.1) is 10.1 Å². The van der Waals surface area contributed by atoms with Gasteiger partial charge in [-0.15, -0.1) is 0 Å². The number of ether oxygens (including phenoxy) is 2. The van der Waals surface area contributed by atoms with Crippen LogP contribution in [-0.2, 0) is 14.8 Å². The molecule has 51 heavy (non-hydrogen) atoms. The van der Waals surface area contributed by atoms with Gasteiger partial charge in [-0.05, 0) is 72.8 Å². The lowest BCUT2D eigenvalue weighted by Crippen LogP contribution is -2.39. The third-order valence-electron chi connectivity index (χ3n) is 7.82. The predicted molar refractivity (Wildman–Crippen MR) is 194 cm³/mol. The van der Waals surface area contributed by atoms with E-state index in [4.69, 9.17) is 44.3 Å². The van der Waals surface area contributed by atoms with Crippen molar-refractivity contribution in [3.05, 3.63) is 122 Å². The van der Waals surface area contributed by atoms with Gasteiger partial charge in [0.15, 0.2) is 5.69 Å². The summed E-state index contributed by atoms with van der Waals surface area (Å²) in [6.07, 6.45) is 0. The molecule has 1 aliphatic rings. The van der Waals surface area contributed by atoms with E-state index in [1.54, 1.807) is 66.7 Å². The standard InChI is InChI=1S/C34H29Cl3N6O7S/c35-23-2-1-3-26(19-23)50-25-7-5-24(6-8-25)42-32(22-4-10-28(36)29(37)18-22)21-31(39-42)34(44)40-51(47,48)27-9-11-30(33(20-27)43(45)46)38-12-13-41-14-16-49-17-15-41/h1-11,18-21,38H,12-17H2,(H,40,44). The SMILES string of the molecule is O=C(NS(=O)(=O)c1ccc(NCCN2CCOCC2)c([N+](=O)[O-])c1)c1cc(-c2ccc(Cl)c(Cl)c2)n(-c2ccc(Oc3cccc(Cl)c3)cc2)n1. The molecule has 264 valence electrons. The molecule has 0 bridgehead atoms. The third-order valence-corrected chi connectivity index (χ3v) is 10.1. The van der Waals surface area contributed by atoms with Gasteiger partial charge in [-0.2, -0.15) is 5.10 Å². The number of anilines is 1. The summed E-state index contributed by atoms with van der Waals surface area (Å²) in [6.45, 7) is 3.74. The van der Waals surface area contributed by atoms with Gasteiger partial charge < -0.3 is 14.8 Å². The number of nitrogens with zero attached hydrogens (tertiary/aromatic N) is 4. The molecule has 0 radical (unpaired) electrons. The largest absolute Gasteiger partial charge is 0.457 e. The van der Waals surface area contributed by atoms with E-state index in [0.717, 1.165) is 19.2 Å². The number of aromatic nitrogens is 2. The fourth-order valence-corrected chi connectivity index (χ4v) is 6.72. The van der Waals surface area contributed by atoms with Crippen molar-refractivity contribution in [2.75, 3.05) is 44.7 Å². The summed E-state index contributed by atoms with van der Waals surface area (Å²) >= 11 is 18.5. The zero-order valence-electron chi connectivity index (χ0n) is 26.6. The van der Waals surface area contributed by atoms with Gasteiger partial charge >= 0.3 is 0 Å². The lowest BCUT2D eigenvalue weighted by molar-refractivity contribution is -0.384. The Morgan fingerprint density at radius 3 is 2.39 bits per heavy atom. The Hall–Kier alpha value is -4.70. The number of carbonyl (C=O) groups excluding carboxylic acids is 1. The quantitative estimate of drug-likeness (QED) is 0.0994. The fraction of sp³-hybridized carbons (Fsp3) is 0.176. The highest BCUT2D eigenvalue weighted by Crippen LogP contribution is 2.32. The van der Waals surface area contributed by atoms with Crippen LogP contribution in [0.2, 0.25) is 15.1 Å². The maximum absolute atomic E-state index is 13.4. The summed E-state index contributed by atoms with van der Waals surface area (Å²) in [6, 6.07) is 23.3. The minimum Gasteiger partial charge on any atom is -0.457 e. The summed E-state index contributed by atoms with van der Waals surface area (Å²) in [5.41, 5.74) is 0.862. The average molecular weight is 772 g/mol. The normalized spacial score (nSPS) is 13.5. The highest BCUT2D eigenvalue weighted by molar-refractivity contribution is 7.90. The van der Waals surface area contributed by atoms with Crippen molar-refractivity contribution in [3.8, 4) is 28.4 Å². The van der Waals surface area contributed by atoms with Crippen molar-refractivity contribution in [2.45, 2.75) is 4.90 Å². The Morgan fingerprint density at radius 1 is 0.922 bits per heavy atom. The molecular weight excluding hydrogens is 743 g/mol.